The van der Waals surface area contributed by atoms with Crippen molar-refractivity contribution in [2.24, 2.45) is 11.1 Å². The first kappa shape index (κ1) is 16.2. The number of nitrogens with two attached hydrogens (primary N) is 1. The molecule has 0 aliphatic rings. The first-order chi connectivity index (χ1) is 8.98. The monoisotopic (exact) mass is 278 g/mol. The zero-order valence-electron chi connectivity index (χ0n) is 12.6. The number of aromatic carboxylic acids is 1. The van der Waals surface area contributed by atoms with Crippen LogP contribution in [-0.4, -0.2) is 22.5 Å². The Morgan fingerprint density at radius 2 is 1.75 bits per heavy atom. The van der Waals surface area contributed by atoms with Crippen molar-refractivity contribution < 1.29 is 14.7 Å². The molecule has 5 heteroatoms. The molecule has 1 rings (SSSR count). The zero-order valence-corrected chi connectivity index (χ0v) is 12.6. The molecule has 110 valence electrons. The standard InChI is InChI=1S/C15H22N2O3/c1-9-7-6-8-10(11(9)12(18)19)17-13(20)14(2,3)15(4,5)16/h6-8H,16H2,1-5H3,(H,17,20)(H,18,19). The van der Waals surface area contributed by atoms with Crippen molar-refractivity contribution in [1.82, 2.24) is 0 Å². The van der Waals surface area contributed by atoms with Crippen LogP contribution < -0.4 is 11.1 Å². The number of anilines is 1. The summed E-state index contributed by atoms with van der Waals surface area (Å²) in [5.41, 5.74) is 5.44. The summed E-state index contributed by atoms with van der Waals surface area (Å²) in [6.45, 7) is 8.69. The maximum atomic E-state index is 12.4. The highest BCUT2D eigenvalue weighted by Crippen LogP contribution is 2.30. The Balaban J connectivity index is 3.16. The lowest BCUT2D eigenvalue weighted by Crippen LogP contribution is -2.53. The number of carbonyl (C=O) groups excluding carboxylic acids is 1. The Morgan fingerprint density at radius 1 is 1.20 bits per heavy atom. The summed E-state index contributed by atoms with van der Waals surface area (Å²) >= 11 is 0. The molecule has 0 aliphatic carbocycles. The van der Waals surface area contributed by atoms with Crippen molar-refractivity contribution >= 4 is 17.6 Å². The summed E-state index contributed by atoms with van der Waals surface area (Å²) in [6, 6.07) is 4.98. The van der Waals surface area contributed by atoms with E-state index in [1.54, 1.807) is 52.8 Å². The second-order valence-electron chi connectivity index (χ2n) is 6.10. The molecule has 0 radical (unpaired) electrons. The van der Waals surface area contributed by atoms with Crippen molar-refractivity contribution in [1.29, 1.82) is 0 Å². The van der Waals surface area contributed by atoms with E-state index >= 15 is 0 Å². The van der Waals surface area contributed by atoms with E-state index in [0.717, 1.165) is 0 Å². The van der Waals surface area contributed by atoms with Gasteiger partial charge in [-0.05, 0) is 46.2 Å². The molecule has 0 saturated carbocycles. The van der Waals surface area contributed by atoms with Crippen LogP contribution in [0.4, 0.5) is 5.69 Å². The maximum Gasteiger partial charge on any atom is 0.338 e. The number of nitrogens with one attached hydrogen (secondary N) is 1. The number of rotatable bonds is 4. The van der Waals surface area contributed by atoms with Crippen LogP contribution in [0.1, 0.15) is 43.6 Å². The van der Waals surface area contributed by atoms with Crippen LogP contribution in [0.5, 0.6) is 0 Å². The second-order valence-corrected chi connectivity index (χ2v) is 6.10. The highest BCUT2D eigenvalue weighted by atomic mass is 16.4. The Hall–Kier alpha value is -1.88. The lowest BCUT2D eigenvalue weighted by Gasteiger charge is -2.37. The molecule has 0 aromatic heterocycles. The largest absolute Gasteiger partial charge is 0.478 e. The molecule has 20 heavy (non-hydrogen) atoms. The molecule has 1 amide bonds. The fraction of sp³-hybridized carbons (Fsp3) is 0.467. The van der Waals surface area contributed by atoms with E-state index in [0.29, 0.717) is 11.3 Å². The molecule has 1 aromatic carbocycles. The van der Waals surface area contributed by atoms with Gasteiger partial charge >= 0.3 is 5.97 Å². The molecular formula is C15H22N2O3. The third-order valence-electron chi connectivity index (χ3n) is 3.91. The minimum atomic E-state index is -1.07. The number of hydrogen-bond acceptors (Lipinski definition) is 3. The van der Waals surface area contributed by atoms with Gasteiger partial charge in [-0.15, -0.1) is 0 Å². The lowest BCUT2D eigenvalue weighted by molar-refractivity contribution is -0.126. The minimum absolute atomic E-state index is 0.103. The maximum absolute atomic E-state index is 12.4. The highest BCUT2D eigenvalue weighted by molar-refractivity contribution is 6.03. The first-order valence-electron chi connectivity index (χ1n) is 6.41. The third-order valence-corrected chi connectivity index (χ3v) is 3.91. The van der Waals surface area contributed by atoms with Crippen LogP contribution in [0.25, 0.3) is 0 Å². The van der Waals surface area contributed by atoms with E-state index in [1.807, 2.05) is 0 Å². The Morgan fingerprint density at radius 3 is 2.20 bits per heavy atom. The second kappa shape index (κ2) is 5.25. The van der Waals surface area contributed by atoms with Gasteiger partial charge in [-0.3, -0.25) is 4.79 Å². The van der Waals surface area contributed by atoms with Crippen molar-refractivity contribution in [2.75, 3.05) is 5.32 Å². The molecule has 0 spiro atoms. The number of carboxylic acids is 1. The van der Waals surface area contributed by atoms with E-state index in [9.17, 15) is 14.7 Å². The zero-order chi connectivity index (χ0) is 15.7. The van der Waals surface area contributed by atoms with Crippen LogP contribution >= 0.6 is 0 Å². The number of amides is 1. The summed E-state index contributed by atoms with van der Waals surface area (Å²) in [6.07, 6.45) is 0. The van der Waals surface area contributed by atoms with Crippen LogP contribution in [0.3, 0.4) is 0 Å². The van der Waals surface area contributed by atoms with Gasteiger partial charge in [-0.25, -0.2) is 4.79 Å². The number of carbonyl (C=O) groups is 2. The Labute approximate surface area is 119 Å². The Kier molecular flexibility index (Phi) is 4.24. The smallest absolute Gasteiger partial charge is 0.338 e. The van der Waals surface area contributed by atoms with Crippen LogP contribution in [0, 0.1) is 12.3 Å². The van der Waals surface area contributed by atoms with Gasteiger partial charge in [0.1, 0.15) is 0 Å². The van der Waals surface area contributed by atoms with Gasteiger partial charge in [0.05, 0.1) is 16.7 Å². The highest BCUT2D eigenvalue weighted by Gasteiger charge is 2.40. The van der Waals surface area contributed by atoms with Gasteiger partial charge in [0.15, 0.2) is 0 Å². The topological polar surface area (TPSA) is 92.4 Å². The number of benzene rings is 1. The van der Waals surface area contributed by atoms with Gasteiger partial charge in [0, 0.05) is 5.54 Å². The van der Waals surface area contributed by atoms with Gasteiger partial charge in [-0.2, -0.15) is 0 Å². The molecule has 1 aromatic rings. The molecule has 0 atom stereocenters. The number of aryl methyl sites for hydroxylation is 1. The molecule has 5 nitrogen and oxygen atoms in total. The summed E-state index contributed by atoms with van der Waals surface area (Å²) in [7, 11) is 0. The average Bonchev–Trinajstić information content (AvgIpc) is 2.26. The molecule has 0 heterocycles. The first-order valence-corrected chi connectivity index (χ1v) is 6.41. The summed E-state index contributed by atoms with van der Waals surface area (Å²) in [5, 5.41) is 11.9. The predicted molar refractivity (Wildman–Crippen MR) is 78.8 cm³/mol. The van der Waals surface area contributed by atoms with Crippen LogP contribution in [0.2, 0.25) is 0 Å². The summed E-state index contributed by atoms with van der Waals surface area (Å²) < 4.78 is 0. The molecular weight excluding hydrogens is 256 g/mol. The predicted octanol–water partition coefficient (Wildman–Crippen LogP) is 2.40. The van der Waals surface area contributed by atoms with Crippen molar-refractivity contribution in [3.63, 3.8) is 0 Å². The van der Waals surface area contributed by atoms with E-state index < -0.39 is 16.9 Å². The fourth-order valence-corrected chi connectivity index (χ4v) is 1.63. The SMILES string of the molecule is Cc1cccc(NC(=O)C(C)(C)C(C)(C)N)c1C(=O)O. The molecule has 0 aliphatic heterocycles. The van der Waals surface area contributed by atoms with E-state index in [4.69, 9.17) is 5.73 Å². The quantitative estimate of drug-likeness (QED) is 0.788. The van der Waals surface area contributed by atoms with E-state index in [-0.39, 0.29) is 11.5 Å². The van der Waals surface area contributed by atoms with Crippen molar-refractivity contribution in [2.45, 2.75) is 40.2 Å². The normalized spacial score (nSPS) is 12.1. The van der Waals surface area contributed by atoms with E-state index in [1.165, 1.54) is 0 Å². The third kappa shape index (κ3) is 2.99. The molecule has 4 N–H and O–H groups in total. The van der Waals surface area contributed by atoms with E-state index in [2.05, 4.69) is 5.32 Å². The van der Waals surface area contributed by atoms with Crippen LogP contribution in [-0.2, 0) is 4.79 Å². The number of hydrogen-bond donors (Lipinski definition) is 3. The fourth-order valence-electron chi connectivity index (χ4n) is 1.63. The molecule has 0 unspecified atom stereocenters. The van der Waals surface area contributed by atoms with Gasteiger partial charge in [0.2, 0.25) is 5.91 Å². The summed E-state index contributed by atoms with van der Waals surface area (Å²) in [5.74, 6) is -1.37. The van der Waals surface area contributed by atoms with Gasteiger partial charge in [-0.1, -0.05) is 12.1 Å². The molecule has 0 saturated heterocycles. The van der Waals surface area contributed by atoms with Crippen molar-refractivity contribution in [3.05, 3.63) is 29.3 Å². The average molecular weight is 278 g/mol. The molecule has 0 fully saturated rings. The Bertz CT molecular complexity index is 543. The van der Waals surface area contributed by atoms with Gasteiger partial charge < -0.3 is 16.2 Å². The number of carboxylic acid groups (broad SMARTS) is 1. The van der Waals surface area contributed by atoms with Gasteiger partial charge in [0.25, 0.3) is 0 Å². The molecule has 0 bridgehead atoms. The minimum Gasteiger partial charge on any atom is -0.478 e. The van der Waals surface area contributed by atoms with Crippen LogP contribution in [0.15, 0.2) is 18.2 Å². The lowest BCUT2D eigenvalue weighted by atomic mass is 9.74. The van der Waals surface area contributed by atoms with Crippen molar-refractivity contribution in [3.8, 4) is 0 Å². The summed E-state index contributed by atoms with van der Waals surface area (Å²) in [4.78, 5) is 23.7.